The van der Waals surface area contributed by atoms with Crippen LogP contribution >= 0.6 is 0 Å². The Morgan fingerprint density at radius 1 is 0.781 bits per heavy atom. The van der Waals surface area contributed by atoms with Crippen molar-refractivity contribution in [3.05, 3.63) is 35.4 Å². The van der Waals surface area contributed by atoms with E-state index in [1.807, 2.05) is 0 Å². The summed E-state index contributed by atoms with van der Waals surface area (Å²) in [5, 5.41) is 0. The highest BCUT2D eigenvalue weighted by atomic mass is 16.1. The van der Waals surface area contributed by atoms with Crippen LogP contribution in [0, 0.1) is 17.3 Å². The van der Waals surface area contributed by atoms with Gasteiger partial charge in [0.2, 0.25) is 0 Å². The molecule has 0 N–H and O–H groups in total. The third kappa shape index (κ3) is 7.74. The van der Waals surface area contributed by atoms with Crippen LogP contribution < -0.4 is 0 Å². The van der Waals surface area contributed by atoms with Crippen LogP contribution in [0.4, 0.5) is 0 Å². The van der Waals surface area contributed by atoms with Gasteiger partial charge in [-0.05, 0) is 73.8 Å². The normalized spacial score (nSPS) is 28.5. The molecule has 1 aromatic carbocycles. The molecule has 0 amide bonds. The van der Waals surface area contributed by atoms with E-state index in [0.29, 0.717) is 5.92 Å². The van der Waals surface area contributed by atoms with Gasteiger partial charge in [0.15, 0.2) is 0 Å². The Hall–Kier alpha value is -1.11. The Morgan fingerprint density at radius 2 is 1.41 bits per heavy atom. The van der Waals surface area contributed by atoms with Crippen LogP contribution in [0.2, 0.25) is 0 Å². The molecule has 0 atom stereocenters. The first-order valence-electron chi connectivity index (χ1n) is 14.2. The summed E-state index contributed by atoms with van der Waals surface area (Å²) in [6.07, 6.45) is 24.8. The van der Waals surface area contributed by atoms with Crippen molar-refractivity contribution in [2.24, 2.45) is 17.3 Å². The standard InChI is InChI=1S/C31H50O/c1-3-5-6-7-8-22-31(25-32)23-20-30(21-24-31)29-18-16-28(17-19-29)15-14-27-12-10-26(9-4-2)11-13-27/h16-19,25-27,30H,3-15,20-24H2,1-2H3. The molecule has 1 aromatic rings. The fraction of sp³-hybridized carbons (Fsp3) is 0.774. The molecular weight excluding hydrogens is 388 g/mol. The first-order valence-corrected chi connectivity index (χ1v) is 14.2. The first-order chi connectivity index (χ1) is 15.7. The quantitative estimate of drug-likeness (QED) is 0.221. The average molecular weight is 439 g/mol. The van der Waals surface area contributed by atoms with Gasteiger partial charge in [0, 0.05) is 5.41 Å². The van der Waals surface area contributed by atoms with Crippen molar-refractivity contribution in [1.29, 1.82) is 0 Å². The van der Waals surface area contributed by atoms with Gasteiger partial charge in [0.05, 0.1) is 0 Å². The van der Waals surface area contributed by atoms with Crippen LogP contribution in [0.1, 0.15) is 140 Å². The molecule has 32 heavy (non-hydrogen) atoms. The number of benzene rings is 1. The van der Waals surface area contributed by atoms with Gasteiger partial charge in [0.1, 0.15) is 6.29 Å². The van der Waals surface area contributed by atoms with E-state index in [4.69, 9.17) is 0 Å². The maximum absolute atomic E-state index is 11.9. The highest BCUT2D eigenvalue weighted by Gasteiger charge is 2.35. The minimum absolute atomic E-state index is 0.0151. The number of carbonyl (C=O) groups excluding carboxylic acids is 1. The highest BCUT2D eigenvalue weighted by molar-refractivity contribution is 5.59. The fourth-order valence-corrected chi connectivity index (χ4v) is 6.58. The number of unbranched alkanes of at least 4 members (excludes halogenated alkanes) is 4. The van der Waals surface area contributed by atoms with E-state index >= 15 is 0 Å². The van der Waals surface area contributed by atoms with E-state index in [9.17, 15) is 4.79 Å². The smallest absolute Gasteiger partial charge is 0.126 e. The molecule has 0 spiro atoms. The topological polar surface area (TPSA) is 17.1 Å². The van der Waals surface area contributed by atoms with Crippen LogP contribution in [-0.2, 0) is 11.2 Å². The summed E-state index contributed by atoms with van der Waals surface area (Å²) in [6.45, 7) is 4.59. The van der Waals surface area contributed by atoms with Crippen molar-refractivity contribution in [2.45, 2.75) is 135 Å². The van der Waals surface area contributed by atoms with E-state index in [1.54, 1.807) is 0 Å². The van der Waals surface area contributed by atoms with E-state index in [2.05, 4.69) is 38.1 Å². The van der Waals surface area contributed by atoms with Crippen molar-refractivity contribution in [3.8, 4) is 0 Å². The van der Waals surface area contributed by atoms with E-state index in [0.717, 1.165) is 31.1 Å². The Labute approximate surface area is 199 Å². The average Bonchev–Trinajstić information content (AvgIpc) is 2.84. The van der Waals surface area contributed by atoms with Crippen LogP contribution in [0.15, 0.2) is 24.3 Å². The minimum Gasteiger partial charge on any atom is -0.303 e. The van der Waals surface area contributed by atoms with E-state index < -0.39 is 0 Å². The lowest BCUT2D eigenvalue weighted by atomic mass is 9.67. The van der Waals surface area contributed by atoms with Crippen LogP contribution in [0.5, 0.6) is 0 Å². The molecule has 2 aliphatic rings. The number of aryl methyl sites for hydroxylation is 1. The third-order valence-electron chi connectivity index (χ3n) is 8.97. The van der Waals surface area contributed by atoms with Crippen LogP contribution in [-0.4, -0.2) is 6.29 Å². The number of hydrogen-bond acceptors (Lipinski definition) is 1. The molecule has 0 unspecified atom stereocenters. The van der Waals surface area contributed by atoms with Crippen molar-refractivity contribution in [2.75, 3.05) is 0 Å². The molecule has 2 fully saturated rings. The number of carbonyl (C=O) groups is 1. The zero-order valence-corrected chi connectivity index (χ0v) is 21.3. The summed E-state index contributed by atoms with van der Waals surface area (Å²) in [4.78, 5) is 11.9. The van der Waals surface area contributed by atoms with Gasteiger partial charge in [-0.15, -0.1) is 0 Å². The van der Waals surface area contributed by atoms with E-state index in [1.165, 1.54) is 114 Å². The van der Waals surface area contributed by atoms with Crippen molar-refractivity contribution >= 4 is 6.29 Å². The third-order valence-corrected chi connectivity index (χ3v) is 8.97. The molecular formula is C31H50O. The molecule has 0 aromatic heterocycles. The van der Waals surface area contributed by atoms with Crippen molar-refractivity contribution in [1.82, 2.24) is 0 Å². The molecule has 0 saturated heterocycles. The van der Waals surface area contributed by atoms with Gasteiger partial charge in [-0.2, -0.15) is 0 Å². The Balaban J connectivity index is 1.39. The number of aldehydes is 1. The lowest BCUT2D eigenvalue weighted by molar-refractivity contribution is -0.118. The SMILES string of the molecule is CCCCCCCC1(C=O)CCC(c2ccc(CCC3CCC(CCC)CC3)cc2)CC1. The lowest BCUT2D eigenvalue weighted by Crippen LogP contribution is -2.28. The van der Waals surface area contributed by atoms with Gasteiger partial charge >= 0.3 is 0 Å². The molecule has 0 aliphatic heterocycles. The Morgan fingerprint density at radius 3 is 2.00 bits per heavy atom. The number of rotatable bonds is 13. The maximum Gasteiger partial charge on any atom is 0.126 e. The second kappa shape index (κ2) is 13.6. The molecule has 0 bridgehead atoms. The molecule has 3 rings (SSSR count). The zero-order valence-electron chi connectivity index (χ0n) is 21.3. The van der Waals surface area contributed by atoms with Crippen LogP contribution in [0.25, 0.3) is 0 Å². The Kier molecular flexibility index (Phi) is 10.8. The molecule has 0 heterocycles. The van der Waals surface area contributed by atoms with Crippen molar-refractivity contribution in [3.63, 3.8) is 0 Å². The second-order valence-corrected chi connectivity index (χ2v) is 11.4. The summed E-state index contributed by atoms with van der Waals surface area (Å²) in [6, 6.07) is 9.59. The monoisotopic (exact) mass is 438 g/mol. The maximum atomic E-state index is 11.9. The number of hydrogen-bond donors (Lipinski definition) is 0. The summed E-state index contributed by atoms with van der Waals surface area (Å²) in [5.74, 6) is 2.63. The lowest BCUT2D eigenvalue weighted by Gasteiger charge is -2.36. The van der Waals surface area contributed by atoms with Gasteiger partial charge in [-0.25, -0.2) is 0 Å². The molecule has 1 nitrogen and oxygen atoms in total. The molecule has 0 radical (unpaired) electrons. The summed E-state index contributed by atoms with van der Waals surface area (Å²) < 4.78 is 0. The van der Waals surface area contributed by atoms with Gasteiger partial charge < -0.3 is 4.79 Å². The van der Waals surface area contributed by atoms with Crippen molar-refractivity contribution < 1.29 is 4.79 Å². The Bertz CT molecular complexity index is 629. The predicted molar refractivity (Wildman–Crippen MR) is 138 cm³/mol. The van der Waals surface area contributed by atoms with Gasteiger partial charge in [-0.3, -0.25) is 0 Å². The second-order valence-electron chi connectivity index (χ2n) is 11.4. The van der Waals surface area contributed by atoms with Gasteiger partial charge in [-0.1, -0.05) is 109 Å². The largest absolute Gasteiger partial charge is 0.303 e. The van der Waals surface area contributed by atoms with Crippen LogP contribution in [0.3, 0.4) is 0 Å². The van der Waals surface area contributed by atoms with Gasteiger partial charge in [0.25, 0.3) is 0 Å². The summed E-state index contributed by atoms with van der Waals surface area (Å²) in [5.41, 5.74) is 3.02. The molecule has 2 aliphatic carbocycles. The molecule has 180 valence electrons. The first kappa shape index (κ1) is 25.5. The summed E-state index contributed by atoms with van der Waals surface area (Å²) in [7, 11) is 0. The predicted octanol–water partition coefficient (Wildman–Crippen LogP) is 9.43. The minimum atomic E-state index is -0.0151. The molecule has 1 heteroatoms. The zero-order chi connectivity index (χ0) is 22.7. The summed E-state index contributed by atoms with van der Waals surface area (Å²) >= 11 is 0. The molecule has 2 saturated carbocycles. The fourth-order valence-electron chi connectivity index (χ4n) is 6.58. The van der Waals surface area contributed by atoms with E-state index in [-0.39, 0.29) is 5.41 Å². The highest BCUT2D eigenvalue weighted by Crippen LogP contribution is 2.45.